The van der Waals surface area contributed by atoms with Gasteiger partial charge < -0.3 is 4.57 Å². The molecule has 2 aromatic heterocycles. The van der Waals surface area contributed by atoms with Crippen LogP contribution in [0, 0.1) is 17.0 Å². The molecule has 1 aromatic carbocycles. The van der Waals surface area contributed by atoms with Crippen molar-refractivity contribution in [1.82, 2.24) is 14.2 Å². The number of aromatic nitrogens is 3. The van der Waals surface area contributed by atoms with Gasteiger partial charge in [0, 0.05) is 18.7 Å². The van der Waals surface area contributed by atoms with Gasteiger partial charge in [-0.1, -0.05) is 21.9 Å². The number of allylic oxidation sites excluding steroid dienone is 1. The smallest absolute Gasteiger partial charge is 0.293 e. The number of aryl methyl sites for hydroxylation is 1. The number of hydrogen-bond acceptors (Lipinski definition) is 7. The van der Waals surface area contributed by atoms with Gasteiger partial charge in [-0.05, 0) is 24.5 Å². The standard InChI is InChI=1S/C14H11N5O3S2/c1-3-6-18-10-5-4-9(19(21)22)7-11(10)23-14(18)15-13(20)12-8(2)16-17-24-12/h3-5,7H,1,6H2,2H3. The molecule has 0 atom stereocenters. The summed E-state index contributed by atoms with van der Waals surface area (Å²) in [4.78, 5) is 27.8. The van der Waals surface area contributed by atoms with Crippen LogP contribution >= 0.6 is 22.9 Å². The lowest BCUT2D eigenvalue weighted by atomic mass is 10.3. The third-order valence-electron chi connectivity index (χ3n) is 3.23. The second-order valence-electron chi connectivity index (χ2n) is 4.80. The van der Waals surface area contributed by atoms with Crippen LogP contribution in [0.1, 0.15) is 15.4 Å². The van der Waals surface area contributed by atoms with Gasteiger partial charge in [0.05, 0.1) is 20.8 Å². The van der Waals surface area contributed by atoms with Crippen molar-refractivity contribution in [3.63, 3.8) is 0 Å². The third kappa shape index (κ3) is 2.88. The number of nitrogens with zero attached hydrogens (tertiary/aromatic N) is 5. The molecule has 8 nitrogen and oxygen atoms in total. The monoisotopic (exact) mass is 361 g/mol. The summed E-state index contributed by atoms with van der Waals surface area (Å²) in [7, 11) is 0. The molecule has 0 aliphatic heterocycles. The summed E-state index contributed by atoms with van der Waals surface area (Å²) < 4.78 is 6.20. The van der Waals surface area contributed by atoms with E-state index in [4.69, 9.17) is 0 Å². The van der Waals surface area contributed by atoms with Crippen molar-refractivity contribution in [3.05, 3.63) is 56.3 Å². The fraction of sp³-hybridized carbons (Fsp3) is 0.143. The zero-order chi connectivity index (χ0) is 17.3. The van der Waals surface area contributed by atoms with E-state index in [1.807, 2.05) is 0 Å². The molecular weight excluding hydrogens is 350 g/mol. The van der Waals surface area contributed by atoms with E-state index in [2.05, 4.69) is 21.2 Å². The number of nitro groups is 1. The van der Waals surface area contributed by atoms with Gasteiger partial charge in [0.1, 0.15) is 4.88 Å². The maximum atomic E-state index is 12.3. The Morgan fingerprint density at radius 2 is 2.33 bits per heavy atom. The van der Waals surface area contributed by atoms with Crippen molar-refractivity contribution in [3.8, 4) is 0 Å². The van der Waals surface area contributed by atoms with E-state index in [0.29, 0.717) is 26.6 Å². The van der Waals surface area contributed by atoms with Crippen LogP contribution in [-0.4, -0.2) is 25.0 Å². The number of fused-ring (bicyclic) bond motifs is 1. The molecule has 2 heterocycles. The number of carbonyl (C=O) groups excluding carboxylic acids is 1. The maximum Gasteiger partial charge on any atom is 0.293 e. The third-order valence-corrected chi connectivity index (χ3v) is 5.09. The molecule has 24 heavy (non-hydrogen) atoms. The highest BCUT2D eigenvalue weighted by Crippen LogP contribution is 2.23. The van der Waals surface area contributed by atoms with Gasteiger partial charge in [-0.25, -0.2) is 0 Å². The molecule has 1 amide bonds. The Balaban J connectivity index is 2.19. The average Bonchev–Trinajstić information content (AvgIpc) is 3.11. The summed E-state index contributed by atoms with van der Waals surface area (Å²) in [6, 6.07) is 4.55. The number of thiazole rings is 1. The van der Waals surface area contributed by atoms with Crippen LogP contribution in [-0.2, 0) is 6.54 Å². The summed E-state index contributed by atoms with van der Waals surface area (Å²) in [5, 5.41) is 14.7. The van der Waals surface area contributed by atoms with E-state index in [9.17, 15) is 14.9 Å². The highest BCUT2D eigenvalue weighted by molar-refractivity contribution is 7.16. The van der Waals surface area contributed by atoms with Gasteiger partial charge in [0.2, 0.25) is 0 Å². The number of rotatable bonds is 4. The number of nitro benzene ring substituents is 1. The number of hydrogen-bond donors (Lipinski definition) is 0. The Labute approximate surface area is 143 Å². The highest BCUT2D eigenvalue weighted by atomic mass is 32.1. The summed E-state index contributed by atoms with van der Waals surface area (Å²) in [5.41, 5.74) is 1.28. The molecule has 0 N–H and O–H groups in total. The SMILES string of the molecule is C=CCn1c(=NC(=O)c2snnc2C)sc2cc([N+](=O)[O-])ccc21. The van der Waals surface area contributed by atoms with Crippen LogP contribution in [0.5, 0.6) is 0 Å². The van der Waals surface area contributed by atoms with Crippen LogP contribution in [0.4, 0.5) is 5.69 Å². The van der Waals surface area contributed by atoms with Gasteiger partial charge >= 0.3 is 0 Å². The molecule has 0 aliphatic carbocycles. The van der Waals surface area contributed by atoms with E-state index in [1.54, 1.807) is 23.6 Å². The minimum absolute atomic E-state index is 0.00474. The molecule has 3 rings (SSSR count). The van der Waals surface area contributed by atoms with Gasteiger partial charge in [0.15, 0.2) is 4.80 Å². The number of carbonyl (C=O) groups is 1. The Morgan fingerprint density at radius 1 is 1.54 bits per heavy atom. The molecule has 0 unspecified atom stereocenters. The second kappa shape index (κ2) is 6.42. The van der Waals surface area contributed by atoms with Crippen molar-refractivity contribution in [2.75, 3.05) is 0 Å². The predicted octanol–water partition coefficient (Wildman–Crippen LogP) is 2.70. The van der Waals surface area contributed by atoms with Crippen LogP contribution in [0.3, 0.4) is 0 Å². The normalized spacial score (nSPS) is 11.8. The van der Waals surface area contributed by atoms with Gasteiger partial charge in [-0.3, -0.25) is 14.9 Å². The Bertz CT molecular complexity index is 1030. The Kier molecular flexibility index (Phi) is 4.32. The van der Waals surface area contributed by atoms with E-state index >= 15 is 0 Å². The largest absolute Gasteiger partial charge is 0.312 e. The fourth-order valence-electron chi connectivity index (χ4n) is 2.13. The second-order valence-corrected chi connectivity index (χ2v) is 6.56. The summed E-state index contributed by atoms with van der Waals surface area (Å²) in [5.74, 6) is -0.429. The van der Waals surface area contributed by atoms with Gasteiger partial charge in [0.25, 0.3) is 11.6 Å². The van der Waals surface area contributed by atoms with E-state index < -0.39 is 10.8 Å². The molecule has 0 bridgehead atoms. The molecule has 0 spiro atoms. The molecule has 10 heteroatoms. The number of benzene rings is 1. The lowest BCUT2D eigenvalue weighted by molar-refractivity contribution is -0.384. The average molecular weight is 361 g/mol. The maximum absolute atomic E-state index is 12.3. The van der Waals surface area contributed by atoms with Crippen LogP contribution in [0.25, 0.3) is 10.2 Å². The Morgan fingerprint density at radius 3 is 2.96 bits per heavy atom. The molecular formula is C14H11N5O3S2. The first kappa shape index (κ1) is 16.1. The van der Waals surface area contributed by atoms with Crippen molar-refractivity contribution in [2.24, 2.45) is 4.99 Å². The molecule has 0 radical (unpaired) electrons. The molecule has 0 saturated carbocycles. The minimum Gasteiger partial charge on any atom is -0.312 e. The first-order valence-corrected chi connectivity index (χ1v) is 8.37. The topological polar surface area (TPSA) is 103 Å². The number of amides is 1. The van der Waals surface area contributed by atoms with Crippen molar-refractivity contribution >= 4 is 44.7 Å². The predicted molar refractivity (Wildman–Crippen MR) is 91.2 cm³/mol. The molecule has 0 saturated heterocycles. The first-order valence-electron chi connectivity index (χ1n) is 6.78. The lowest BCUT2D eigenvalue weighted by Gasteiger charge is -2.00. The van der Waals surface area contributed by atoms with Crippen molar-refractivity contribution in [1.29, 1.82) is 0 Å². The zero-order valence-electron chi connectivity index (χ0n) is 12.5. The lowest BCUT2D eigenvalue weighted by Crippen LogP contribution is -2.16. The van der Waals surface area contributed by atoms with E-state index in [0.717, 1.165) is 17.0 Å². The summed E-state index contributed by atoms with van der Waals surface area (Å²) >= 11 is 2.20. The molecule has 3 aromatic rings. The van der Waals surface area contributed by atoms with Crippen molar-refractivity contribution in [2.45, 2.75) is 13.5 Å². The minimum atomic E-state index is -0.453. The fourth-order valence-corrected chi connectivity index (χ4v) is 3.74. The first-order chi connectivity index (χ1) is 11.5. The van der Waals surface area contributed by atoms with Crippen LogP contribution < -0.4 is 4.80 Å². The van der Waals surface area contributed by atoms with Crippen LogP contribution in [0.2, 0.25) is 0 Å². The molecule has 122 valence electrons. The summed E-state index contributed by atoms with van der Waals surface area (Å²) in [6.45, 7) is 5.83. The quantitative estimate of drug-likeness (QED) is 0.404. The zero-order valence-corrected chi connectivity index (χ0v) is 14.1. The summed E-state index contributed by atoms with van der Waals surface area (Å²) in [6.07, 6.45) is 1.68. The van der Waals surface area contributed by atoms with Crippen molar-refractivity contribution < 1.29 is 9.72 Å². The van der Waals surface area contributed by atoms with E-state index in [-0.39, 0.29) is 5.69 Å². The van der Waals surface area contributed by atoms with E-state index in [1.165, 1.54) is 23.5 Å². The molecule has 0 fully saturated rings. The van der Waals surface area contributed by atoms with Gasteiger partial charge in [-0.15, -0.1) is 11.7 Å². The highest BCUT2D eigenvalue weighted by Gasteiger charge is 2.15. The number of non-ortho nitro benzene ring substituents is 1. The van der Waals surface area contributed by atoms with Gasteiger partial charge in [-0.2, -0.15) is 4.99 Å². The Hall–Kier alpha value is -2.72. The molecule has 0 aliphatic rings. The van der Waals surface area contributed by atoms with Crippen LogP contribution in [0.15, 0.2) is 35.8 Å².